The Balaban J connectivity index is 2.43. The molecule has 0 fully saturated rings. The number of rotatable bonds is 7. The number of nitrogens with one attached hydrogen (secondary N) is 2. The zero-order chi connectivity index (χ0) is 13.5. The number of aromatic nitrogens is 2. The van der Waals surface area contributed by atoms with Crippen molar-refractivity contribution in [2.24, 2.45) is 0 Å². The molecule has 1 heterocycles. The first kappa shape index (κ1) is 14.7. The summed E-state index contributed by atoms with van der Waals surface area (Å²) in [6.45, 7) is 3.80. The molecule has 3 N–H and O–H groups in total. The van der Waals surface area contributed by atoms with Crippen molar-refractivity contribution in [2.45, 2.75) is 37.5 Å². The third-order valence-electron chi connectivity index (χ3n) is 2.13. The van der Waals surface area contributed by atoms with Crippen LogP contribution in [0, 0.1) is 0 Å². The Morgan fingerprint density at radius 1 is 1.61 bits per heavy atom. The van der Waals surface area contributed by atoms with Crippen LogP contribution in [0.15, 0.2) is 22.2 Å². The SMILES string of the molecule is CC(C)NC(CCSc1nccc(=O)[nH]1)C(=O)O. The highest BCUT2D eigenvalue weighted by atomic mass is 32.2. The summed E-state index contributed by atoms with van der Waals surface area (Å²) in [5.41, 5.74) is -0.206. The van der Waals surface area contributed by atoms with Crippen LogP contribution in [0.3, 0.4) is 0 Å². The molecule has 0 radical (unpaired) electrons. The molecule has 0 aliphatic rings. The van der Waals surface area contributed by atoms with Gasteiger partial charge in [0.1, 0.15) is 6.04 Å². The van der Waals surface area contributed by atoms with Crippen LogP contribution < -0.4 is 10.9 Å². The van der Waals surface area contributed by atoms with Crippen molar-refractivity contribution >= 4 is 17.7 Å². The van der Waals surface area contributed by atoms with E-state index in [-0.39, 0.29) is 11.6 Å². The molecule has 0 aliphatic carbocycles. The minimum absolute atomic E-state index is 0.116. The van der Waals surface area contributed by atoms with Crippen LogP contribution in [0.25, 0.3) is 0 Å². The summed E-state index contributed by atoms with van der Waals surface area (Å²) in [4.78, 5) is 28.6. The predicted octanol–water partition coefficient (Wildman–Crippen LogP) is 0.703. The van der Waals surface area contributed by atoms with E-state index in [2.05, 4.69) is 15.3 Å². The van der Waals surface area contributed by atoms with E-state index >= 15 is 0 Å². The highest BCUT2D eigenvalue weighted by molar-refractivity contribution is 7.99. The van der Waals surface area contributed by atoms with Gasteiger partial charge in [0.05, 0.1) is 0 Å². The van der Waals surface area contributed by atoms with Gasteiger partial charge in [-0.1, -0.05) is 25.6 Å². The van der Waals surface area contributed by atoms with Crippen molar-refractivity contribution in [2.75, 3.05) is 5.75 Å². The van der Waals surface area contributed by atoms with Gasteiger partial charge in [-0.25, -0.2) is 4.98 Å². The molecule has 0 saturated carbocycles. The Labute approximate surface area is 109 Å². The maximum absolute atomic E-state index is 11.0. The van der Waals surface area contributed by atoms with Gasteiger partial charge in [-0.05, 0) is 6.42 Å². The molecule has 0 bridgehead atoms. The largest absolute Gasteiger partial charge is 0.480 e. The molecule has 0 spiro atoms. The molecule has 1 atom stereocenters. The van der Waals surface area contributed by atoms with Gasteiger partial charge in [-0.3, -0.25) is 9.59 Å². The predicted molar refractivity (Wildman–Crippen MR) is 69.9 cm³/mol. The molecule has 7 heteroatoms. The fourth-order valence-electron chi connectivity index (χ4n) is 1.38. The van der Waals surface area contributed by atoms with Gasteiger partial charge in [0.2, 0.25) is 0 Å². The molecule has 18 heavy (non-hydrogen) atoms. The van der Waals surface area contributed by atoms with E-state index < -0.39 is 12.0 Å². The zero-order valence-corrected chi connectivity index (χ0v) is 11.2. The lowest BCUT2D eigenvalue weighted by Gasteiger charge is -2.16. The number of hydrogen-bond donors (Lipinski definition) is 3. The zero-order valence-electron chi connectivity index (χ0n) is 10.3. The summed E-state index contributed by atoms with van der Waals surface area (Å²) in [6, 6.07) is 0.878. The smallest absolute Gasteiger partial charge is 0.320 e. The quantitative estimate of drug-likeness (QED) is 0.499. The van der Waals surface area contributed by atoms with Gasteiger partial charge in [-0.2, -0.15) is 0 Å². The van der Waals surface area contributed by atoms with E-state index in [0.717, 1.165) is 0 Å². The number of nitrogens with zero attached hydrogens (tertiary/aromatic N) is 1. The third kappa shape index (κ3) is 5.33. The number of carbonyl (C=O) groups is 1. The van der Waals surface area contributed by atoms with Crippen LogP contribution in [-0.2, 0) is 4.79 Å². The number of carboxylic acids is 1. The number of carboxylic acid groups (broad SMARTS) is 1. The molecule has 6 nitrogen and oxygen atoms in total. The van der Waals surface area contributed by atoms with Crippen LogP contribution in [-0.4, -0.2) is 38.9 Å². The topological polar surface area (TPSA) is 95.1 Å². The highest BCUT2D eigenvalue weighted by Crippen LogP contribution is 2.12. The lowest BCUT2D eigenvalue weighted by molar-refractivity contribution is -0.139. The van der Waals surface area contributed by atoms with Crippen molar-refractivity contribution in [3.05, 3.63) is 22.6 Å². The minimum atomic E-state index is -0.862. The second-order valence-electron chi connectivity index (χ2n) is 4.09. The van der Waals surface area contributed by atoms with Crippen LogP contribution in [0.5, 0.6) is 0 Å². The number of aromatic amines is 1. The summed E-state index contributed by atoms with van der Waals surface area (Å²) in [5, 5.41) is 12.5. The molecule has 1 rings (SSSR count). The van der Waals surface area contributed by atoms with E-state index in [4.69, 9.17) is 5.11 Å². The van der Waals surface area contributed by atoms with Crippen LogP contribution in [0.1, 0.15) is 20.3 Å². The first-order valence-electron chi connectivity index (χ1n) is 5.66. The number of thioether (sulfide) groups is 1. The molecule has 0 aromatic carbocycles. The molecule has 1 aromatic heterocycles. The minimum Gasteiger partial charge on any atom is -0.480 e. The van der Waals surface area contributed by atoms with Crippen LogP contribution >= 0.6 is 11.8 Å². The maximum Gasteiger partial charge on any atom is 0.320 e. The second-order valence-corrected chi connectivity index (χ2v) is 5.17. The molecule has 0 amide bonds. The van der Waals surface area contributed by atoms with Gasteiger partial charge >= 0.3 is 5.97 Å². The molecule has 0 aliphatic heterocycles. The Morgan fingerprint density at radius 2 is 2.33 bits per heavy atom. The Hall–Kier alpha value is -1.34. The van der Waals surface area contributed by atoms with Gasteiger partial charge < -0.3 is 15.4 Å². The first-order valence-corrected chi connectivity index (χ1v) is 6.64. The number of H-pyrrole nitrogens is 1. The molecular weight excluding hydrogens is 254 g/mol. The first-order chi connectivity index (χ1) is 8.49. The average molecular weight is 271 g/mol. The second kappa shape index (κ2) is 7.17. The van der Waals surface area contributed by atoms with Gasteiger partial charge in [0, 0.05) is 24.1 Å². The van der Waals surface area contributed by atoms with Crippen molar-refractivity contribution < 1.29 is 9.90 Å². The van der Waals surface area contributed by atoms with E-state index in [9.17, 15) is 9.59 Å². The summed E-state index contributed by atoms with van der Waals surface area (Å²) in [7, 11) is 0. The summed E-state index contributed by atoms with van der Waals surface area (Å²) in [6.07, 6.45) is 1.90. The number of aliphatic carboxylic acids is 1. The summed E-state index contributed by atoms with van der Waals surface area (Å²) in [5.74, 6) is -0.289. The summed E-state index contributed by atoms with van der Waals surface area (Å²) >= 11 is 1.34. The van der Waals surface area contributed by atoms with Crippen LogP contribution in [0.4, 0.5) is 0 Å². The fraction of sp³-hybridized carbons (Fsp3) is 0.545. The maximum atomic E-state index is 11.0. The Bertz CT molecular complexity index is 447. The highest BCUT2D eigenvalue weighted by Gasteiger charge is 2.17. The van der Waals surface area contributed by atoms with E-state index in [1.807, 2.05) is 13.8 Å². The normalized spacial score (nSPS) is 12.6. The van der Waals surface area contributed by atoms with Gasteiger partial charge in [-0.15, -0.1) is 0 Å². The van der Waals surface area contributed by atoms with Gasteiger partial charge in [0.15, 0.2) is 5.16 Å². The average Bonchev–Trinajstić information content (AvgIpc) is 2.27. The van der Waals surface area contributed by atoms with Gasteiger partial charge in [0.25, 0.3) is 5.56 Å². The van der Waals surface area contributed by atoms with Crippen molar-refractivity contribution in [1.29, 1.82) is 0 Å². The van der Waals surface area contributed by atoms with E-state index in [0.29, 0.717) is 17.3 Å². The molecule has 100 valence electrons. The van der Waals surface area contributed by atoms with E-state index in [1.54, 1.807) is 0 Å². The molecule has 1 unspecified atom stereocenters. The van der Waals surface area contributed by atoms with Crippen LogP contribution in [0.2, 0.25) is 0 Å². The Morgan fingerprint density at radius 3 is 2.89 bits per heavy atom. The monoisotopic (exact) mass is 271 g/mol. The van der Waals surface area contributed by atoms with Crippen molar-refractivity contribution in [3.63, 3.8) is 0 Å². The Kier molecular flexibility index (Phi) is 5.87. The third-order valence-corrected chi connectivity index (χ3v) is 3.05. The molecule has 0 saturated heterocycles. The lowest BCUT2D eigenvalue weighted by Crippen LogP contribution is -2.41. The lowest BCUT2D eigenvalue weighted by atomic mass is 10.2. The molecule has 1 aromatic rings. The van der Waals surface area contributed by atoms with Crippen molar-refractivity contribution in [3.8, 4) is 0 Å². The summed E-state index contributed by atoms with van der Waals surface area (Å²) < 4.78 is 0. The standard InChI is InChI=1S/C11H17N3O3S/c1-7(2)13-8(10(16)17)4-6-18-11-12-5-3-9(15)14-11/h3,5,7-8,13H,4,6H2,1-2H3,(H,16,17)(H,12,14,15). The molecular formula is C11H17N3O3S. The van der Waals surface area contributed by atoms with E-state index in [1.165, 1.54) is 24.0 Å². The fourth-order valence-corrected chi connectivity index (χ4v) is 2.23. The number of hydrogen-bond acceptors (Lipinski definition) is 5. The van der Waals surface area contributed by atoms with Crippen molar-refractivity contribution in [1.82, 2.24) is 15.3 Å².